The van der Waals surface area contributed by atoms with Crippen LogP contribution >= 0.6 is 0 Å². The fourth-order valence-electron chi connectivity index (χ4n) is 4.23. The van der Waals surface area contributed by atoms with Crippen LogP contribution in [0.4, 0.5) is 0 Å². The highest BCUT2D eigenvalue weighted by atomic mass is 32.2. The van der Waals surface area contributed by atoms with E-state index in [9.17, 15) is 17.5 Å². The number of hydrogen-bond donors (Lipinski definition) is 2. The number of nitrogens with one attached hydrogen (secondary N) is 2. The third-order valence-electron chi connectivity index (χ3n) is 5.65. The van der Waals surface area contributed by atoms with Crippen LogP contribution in [0, 0.1) is 0 Å². The average molecular weight is 519 g/mol. The van der Waals surface area contributed by atoms with Gasteiger partial charge in [0, 0.05) is 28.6 Å². The maximum atomic E-state index is 10.9. The lowest BCUT2D eigenvalue weighted by atomic mass is 9.98. The summed E-state index contributed by atoms with van der Waals surface area (Å²) in [6.07, 6.45) is 0. The maximum absolute atomic E-state index is 10.9. The summed E-state index contributed by atoms with van der Waals surface area (Å²) in [7, 11) is 0. The first kappa shape index (κ1) is 22.4. The minimum Gasteiger partial charge on any atom is -0.740 e. The molecule has 180 valence electrons. The van der Waals surface area contributed by atoms with E-state index in [0.717, 1.165) is 21.9 Å². The number of benzene rings is 4. The van der Waals surface area contributed by atoms with E-state index in [1.165, 1.54) is 12.1 Å². The summed E-state index contributed by atoms with van der Waals surface area (Å²) in [4.78, 5) is 15.9. The monoisotopic (exact) mass is 518 g/mol. The molecular formula is C24H14N4O6S2-2. The zero-order valence-corrected chi connectivity index (χ0v) is 19.7. The Bertz CT molecular complexity index is 1700. The maximum Gasteiger partial charge on any atom is 0.141 e. The number of fused-ring (bicyclic) bond motifs is 3. The van der Waals surface area contributed by atoms with Gasteiger partial charge in [-0.2, -0.15) is 0 Å². The molecule has 2 atom stereocenters. The van der Waals surface area contributed by atoms with Gasteiger partial charge in [-0.05, 0) is 29.7 Å². The van der Waals surface area contributed by atoms with Gasteiger partial charge >= 0.3 is 0 Å². The lowest BCUT2D eigenvalue weighted by Gasteiger charge is -2.09. The van der Waals surface area contributed by atoms with E-state index < -0.39 is 22.7 Å². The Kier molecular flexibility index (Phi) is 5.49. The van der Waals surface area contributed by atoms with Crippen molar-refractivity contribution >= 4 is 55.6 Å². The second-order valence-electron chi connectivity index (χ2n) is 7.81. The van der Waals surface area contributed by atoms with Crippen molar-refractivity contribution in [3.05, 3.63) is 72.8 Å². The summed E-state index contributed by atoms with van der Waals surface area (Å²) in [5, 5.41) is 1.86. The van der Waals surface area contributed by atoms with E-state index in [-0.39, 0.29) is 11.5 Å². The predicted molar refractivity (Wildman–Crippen MR) is 133 cm³/mol. The van der Waals surface area contributed by atoms with Crippen LogP contribution in [0.25, 0.3) is 55.6 Å². The molecule has 0 radical (unpaired) electrons. The smallest absolute Gasteiger partial charge is 0.141 e. The van der Waals surface area contributed by atoms with E-state index >= 15 is 0 Å². The van der Waals surface area contributed by atoms with Gasteiger partial charge in [0.1, 0.15) is 45.9 Å². The molecule has 0 aliphatic rings. The molecule has 2 heterocycles. The number of nitrogens with zero attached hydrogens (tertiary/aromatic N) is 2. The molecule has 0 amide bonds. The first-order valence-corrected chi connectivity index (χ1v) is 12.5. The van der Waals surface area contributed by atoms with Crippen molar-refractivity contribution in [2.75, 3.05) is 0 Å². The molecule has 0 aliphatic carbocycles. The van der Waals surface area contributed by atoms with E-state index in [1.54, 1.807) is 24.3 Å². The lowest BCUT2D eigenvalue weighted by molar-refractivity contribution is 0.439. The molecule has 0 saturated heterocycles. The summed E-state index contributed by atoms with van der Waals surface area (Å²) < 4.78 is 53.1. The normalized spacial score (nSPS) is 13.3. The molecule has 0 bridgehead atoms. The second-order valence-corrected chi connectivity index (χ2v) is 8.96. The fourth-order valence-corrected chi connectivity index (χ4v) is 4.75. The van der Waals surface area contributed by atoms with Gasteiger partial charge < -0.3 is 27.4 Å². The largest absolute Gasteiger partial charge is 0.740 e. The minimum atomic E-state index is -2.68. The molecular weight excluding hydrogens is 504 g/mol. The van der Waals surface area contributed by atoms with Crippen molar-refractivity contribution in [1.29, 1.82) is 0 Å². The van der Waals surface area contributed by atoms with Crippen molar-refractivity contribution in [2.24, 2.45) is 0 Å². The Hall–Kier alpha value is -4.10. The number of aromatic amines is 2. The summed E-state index contributed by atoms with van der Waals surface area (Å²) >= 11 is -5.35. The van der Waals surface area contributed by atoms with Crippen molar-refractivity contribution in [3.63, 3.8) is 0 Å². The van der Waals surface area contributed by atoms with Crippen LogP contribution in [-0.2, 0) is 22.7 Å². The highest BCUT2D eigenvalue weighted by Crippen LogP contribution is 2.36. The fraction of sp³-hybridized carbons (Fsp3) is 0. The number of rotatable bonds is 6. The molecule has 36 heavy (non-hydrogen) atoms. The Labute approximate surface area is 208 Å². The van der Waals surface area contributed by atoms with Gasteiger partial charge in [0.2, 0.25) is 0 Å². The molecule has 0 aliphatic heterocycles. The van der Waals surface area contributed by atoms with E-state index in [0.29, 0.717) is 33.7 Å². The molecule has 0 fully saturated rings. The van der Waals surface area contributed by atoms with Crippen LogP contribution in [0.2, 0.25) is 0 Å². The average Bonchev–Trinajstić information content (AvgIpc) is 3.46. The van der Waals surface area contributed by atoms with Crippen LogP contribution < -0.4 is 8.37 Å². The number of imidazole rings is 2. The van der Waals surface area contributed by atoms with Gasteiger partial charge in [-0.1, -0.05) is 36.4 Å². The molecule has 0 saturated carbocycles. The zero-order valence-electron chi connectivity index (χ0n) is 18.1. The first-order valence-electron chi connectivity index (χ1n) is 10.5. The quantitative estimate of drug-likeness (QED) is 0.310. The summed E-state index contributed by atoms with van der Waals surface area (Å²) in [6.45, 7) is 0. The molecule has 2 aromatic heterocycles. The standard InChI is InChI=1S/C24H16N4O6S2/c29-35(30)33-14-7-9-18-20(11-14)27-23(25-18)16-5-1-3-13-4-2-6-17(22(13)16)24-26-19-10-8-15(34-36(31)32)12-21(19)28-24/h1-12H,(H,25,27)(H,26,28)(H,29,30)(H,31,32)/p-2. The number of aromatic nitrogens is 4. The Morgan fingerprint density at radius 1 is 0.667 bits per heavy atom. The van der Waals surface area contributed by atoms with Crippen LogP contribution in [-0.4, -0.2) is 37.5 Å². The molecule has 2 N–H and O–H groups in total. The SMILES string of the molecule is O=S([O-])Oc1ccc2nc(-c3cccc4cccc(-c5nc6ccc(OS(=O)[O-])cc6[nH]5)c34)[nH]c2c1. The van der Waals surface area contributed by atoms with Crippen molar-refractivity contribution < 1.29 is 25.9 Å². The highest BCUT2D eigenvalue weighted by Gasteiger charge is 2.16. The van der Waals surface area contributed by atoms with Gasteiger partial charge in [-0.3, -0.25) is 0 Å². The van der Waals surface area contributed by atoms with Crippen molar-refractivity contribution in [3.8, 4) is 34.3 Å². The third-order valence-corrected chi connectivity index (χ3v) is 6.31. The molecule has 10 nitrogen and oxygen atoms in total. The van der Waals surface area contributed by atoms with Gasteiger partial charge in [-0.15, -0.1) is 0 Å². The zero-order chi connectivity index (χ0) is 24.8. The Morgan fingerprint density at radius 2 is 1.14 bits per heavy atom. The molecule has 4 aromatic carbocycles. The topological polar surface area (TPSA) is 156 Å². The summed E-state index contributed by atoms with van der Waals surface area (Å²) in [6, 6.07) is 21.3. The molecule has 6 aromatic rings. The van der Waals surface area contributed by atoms with Gasteiger partial charge in [0.25, 0.3) is 0 Å². The lowest BCUT2D eigenvalue weighted by Crippen LogP contribution is -1.97. The summed E-state index contributed by atoms with van der Waals surface area (Å²) in [5.74, 6) is 1.54. The van der Waals surface area contributed by atoms with Gasteiger partial charge in [-0.25, -0.2) is 18.4 Å². The Balaban J connectivity index is 1.50. The summed E-state index contributed by atoms with van der Waals surface area (Å²) in [5.41, 5.74) is 4.18. The Morgan fingerprint density at radius 3 is 1.58 bits per heavy atom. The molecule has 0 spiro atoms. The minimum absolute atomic E-state index is 0.177. The van der Waals surface area contributed by atoms with Crippen molar-refractivity contribution in [1.82, 2.24) is 19.9 Å². The van der Waals surface area contributed by atoms with Crippen molar-refractivity contribution in [2.45, 2.75) is 0 Å². The second kappa shape index (κ2) is 8.84. The number of hydrogen-bond acceptors (Lipinski definition) is 8. The van der Waals surface area contributed by atoms with Crippen LogP contribution in [0.3, 0.4) is 0 Å². The van der Waals surface area contributed by atoms with Gasteiger partial charge in [0.05, 0.1) is 22.1 Å². The van der Waals surface area contributed by atoms with Gasteiger partial charge in [0.15, 0.2) is 0 Å². The van der Waals surface area contributed by atoms with E-state index in [1.807, 2.05) is 36.4 Å². The first-order chi connectivity index (χ1) is 17.4. The molecule has 2 unspecified atom stereocenters. The highest BCUT2D eigenvalue weighted by molar-refractivity contribution is 7.74. The molecule has 6 rings (SSSR count). The molecule has 12 heteroatoms. The van der Waals surface area contributed by atoms with Crippen LogP contribution in [0.1, 0.15) is 0 Å². The van der Waals surface area contributed by atoms with E-state index in [2.05, 4.69) is 9.97 Å². The van der Waals surface area contributed by atoms with E-state index in [4.69, 9.17) is 18.3 Å². The third kappa shape index (κ3) is 4.12. The van der Waals surface area contributed by atoms with Crippen LogP contribution in [0.5, 0.6) is 11.5 Å². The number of H-pyrrole nitrogens is 2. The predicted octanol–water partition coefficient (Wildman–Crippen LogP) is 4.27. The van der Waals surface area contributed by atoms with Crippen LogP contribution in [0.15, 0.2) is 72.8 Å².